The van der Waals surface area contributed by atoms with Crippen molar-refractivity contribution in [1.82, 2.24) is 4.90 Å². The van der Waals surface area contributed by atoms with Gasteiger partial charge >= 0.3 is 0 Å². The fraction of sp³-hybridized carbons (Fsp3) is 0.417. The average molecular weight is 191 g/mol. The summed E-state index contributed by atoms with van der Waals surface area (Å²) >= 11 is 0. The van der Waals surface area contributed by atoms with Crippen LogP contribution in [0.3, 0.4) is 0 Å². The Labute approximate surface area is 85.5 Å². The number of aryl methyl sites for hydroxylation is 2. The summed E-state index contributed by atoms with van der Waals surface area (Å²) in [5.74, 6) is 0.188. The average Bonchev–Trinajstić information content (AvgIpc) is 2.16. The number of hydrogen-bond acceptors (Lipinski definition) is 1. The Kier molecular flexibility index (Phi) is 3.69. The van der Waals surface area contributed by atoms with Gasteiger partial charge in [-0.25, -0.2) is 0 Å². The zero-order valence-electron chi connectivity index (χ0n) is 9.08. The molecule has 0 aliphatic rings. The van der Waals surface area contributed by atoms with E-state index >= 15 is 0 Å². The van der Waals surface area contributed by atoms with E-state index in [9.17, 15) is 4.79 Å². The second-order valence-electron chi connectivity index (χ2n) is 3.71. The molecule has 0 aromatic heterocycles. The lowest BCUT2D eigenvalue weighted by Gasteiger charge is -2.10. The summed E-state index contributed by atoms with van der Waals surface area (Å²) in [5, 5.41) is 0. The molecule has 14 heavy (non-hydrogen) atoms. The Morgan fingerprint density at radius 2 is 1.93 bits per heavy atom. The van der Waals surface area contributed by atoms with Gasteiger partial charge in [0.25, 0.3) is 0 Å². The third-order valence-corrected chi connectivity index (χ3v) is 2.37. The van der Waals surface area contributed by atoms with Crippen LogP contribution in [0.4, 0.5) is 0 Å². The minimum Gasteiger partial charge on any atom is -0.349 e. The van der Waals surface area contributed by atoms with Crippen LogP contribution in [0.25, 0.3) is 0 Å². The molecule has 0 aliphatic heterocycles. The Morgan fingerprint density at radius 1 is 1.29 bits per heavy atom. The monoisotopic (exact) mass is 191 g/mol. The Balaban J connectivity index is 2.54. The standard InChI is InChI=1S/C12H17NO/c1-10-6-4-5-7-11(10)8-9-12(14)13(2)3/h4-7H,8-9H2,1-3H3. The molecule has 1 aromatic carbocycles. The first kappa shape index (κ1) is 10.8. The van der Waals surface area contributed by atoms with Crippen LogP contribution >= 0.6 is 0 Å². The molecule has 0 heterocycles. The molecule has 1 rings (SSSR count). The van der Waals surface area contributed by atoms with Gasteiger partial charge in [0.1, 0.15) is 0 Å². The topological polar surface area (TPSA) is 20.3 Å². The molecule has 0 atom stereocenters. The molecule has 0 fully saturated rings. The third kappa shape index (κ3) is 2.87. The SMILES string of the molecule is Cc1ccccc1CCC(=O)N(C)C. The van der Waals surface area contributed by atoms with Crippen molar-refractivity contribution in [3.05, 3.63) is 35.4 Å². The molecule has 0 aliphatic carbocycles. The second-order valence-corrected chi connectivity index (χ2v) is 3.71. The van der Waals surface area contributed by atoms with Crippen molar-refractivity contribution in [2.24, 2.45) is 0 Å². The zero-order chi connectivity index (χ0) is 10.6. The van der Waals surface area contributed by atoms with Crippen molar-refractivity contribution < 1.29 is 4.79 Å². The van der Waals surface area contributed by atoms with Crippen LogP contribution in [-0.2, 0) is 11.2 Å². The molecule has 0 saturated heterocycles. The fourth-order valence-corrected chi connectivity index (χ4v) is 1.36. The van der Waals surface area contributed by atoms with Crippen molar-refractivity contribution in [3.63, 3.8) is 0 Å². The molecule has 0 N–H and O–H groups in total. The maximum absolute atomic E-state index is 11.4. The summed E-state index contributed by atoms with van der Waals surface area (Å²) in [5.41, 5.74) is 2.53. The van der Waals surface area contributed by atoms with E-state index in [4.69, 9.17) is 0 Å². The lowest BCUT2D eigenvalue weighted by molar-refractivity contribution is -0.128. The van der Waals surface area contributed by atoms with Gasteiger partial charge in [-0.3, -0.25) is 4.79 Å². The maximum atomic E-state index is 11.4. The summed E-state index contributed by atoms with van der Waals surface area (Å²) in [7, 11) is 3.58. The summed E-state index contributed by atoms with van der Waals surface area (Å²) in [6, 6.07) is 8.20. The number of carbonyl (C=O) groups excluding carboxylic acids is 1. The summed E-state index contributed by atoms with van der Waals surface area (Å²) < 4.78 is 0. The first-order valence-electron chi connectivity index (χ1n) is 4.86. The highest BCUT2D eigenvalue weighted by atomic mass is 16.2. The van der Waals surface area contributed by atoms with Gasteiger partial charge in [0.15, 0.2) is 0 Å². The van der Waals surface area contributed by atoms with Crippen molar-refractivity contribution in [2.75, 3.05) is 14.1 Å². The lowest BCUT2D eigenvalue weighted by Crippen LogP contribution is -2.21. The molecule has 0 radical (unpaired) electrons. The molecular weight excluding hydrogens is 174 g/mol. The van der Waals surface area contributed by atoms with Crippen LogP contribution in [0, 0.1) is 6.92 Å². The predicted octanol–water partition coefficient (Wildman–Crippen LogP) is 2.02. The lowest BCUT2D eigenvalue weighted by atomic mass is 10.0. The fourth-order valence-electron chi connectivity index (χ4n) is 1.36. The third-order valence-electron chi connectivity index (χ3n) is 2.37. The van der Waals surface area contributed by atoms with E-state index in [2.05, 4.69) is 19.1 Å². The van der Waals surface area contributed by atoms with Crippen molar-refractivity contribution in [1.29, 1.82) is 0 Å². The summed E-state index contributed by atoms with van der Waals surface area (Å²) in [6.45, 7) is 2.08. The van der Waals surface area contributed by atoms with Gasteiger partial charge in [-0.15, -0.1) is 0 Å². The molecule has 2 nitrogen and oxygen atoms in total. The minimum atomic E-state index is 0.188. The molecule has 0 bridgehead atoms. The molecule has 2 heteroatoms. The van der Waals surface area contributed by atoms with E-state index in [-0.39, 0.29) is 5.91 Å². The van der Waals surface area contributed by atoms with Gasteiger partial charge in [-0.2, -0.15) is 0 Å². The highest BCUT2D eigenvalue weighted by molar-refractivity contribution is 5.75. The summed E-state index contributed by atoms with van der Waals surface area (Å²) in [6.07, 6.45) is 1.43. The van der Waals surface area contributed by atoms with Gasteiger partial charge in [0.05, 0.1) is 0 Å². The van der Waals surface area contributed by atoms with Crippen LogP contribution in [0.5, 0.6) is 0 Å². The number of hydrogen-bond donors (Lipinski definition) is 0. The Bertz CT molecular complexity index is 318. The Hall–Kier alpha value is -1.31. The zero-order valence-corrected chi connectivity index (χ0v) is 9.08. The van der Waals surface area contributed by atoms with E-state index in [1.807, 2.05) is 12.1 Å². The first-order chi connectivity index (χ1) is 6.61. The van der Waals surface area contributed by atoms with Crippen LogP contribution in [-0.4, -0.2) is 24.9 Å². The molecule has 76 valence electrons. The first-order valence-corrected chi connectivity index (χ1v) is 4.86. The number of amides is 1. The van der Waals surface area contributed by atoms with Crippen molar-refractivity contribution in [3.8, 4) is 0 Å². The normalized spacial score (nSPS) is 9.93. The van der Waals surface area contributed by atoms with Gasteiger partial charge < -0.3 is 4.90 Å². The number of rotatable bonds is 3. The number of nitrogens with zero attached hydrogens (tertiary/aromatic N) is 1. The molecular formula is C12H17NO. The van der Waals surface area contributed by atoms with Gasteiger partial charge in [-0.05, 0) is 24.5 Å². The van der Waals surface area contributed by atoms with E-state index in [0.29, 0.717) is 6.42 Å². The molecule has 1 aromatic rings. The molecule has 0 saturated carbocycles. The van der Waals surface area contributed by atoms with E-state index < -0.39 is 0 Å². The minimum absolute atomic E-state index is 0.188. The van der Waals surface area contributed by atoms with Gasteiger partial charge in [0.2, 0.25) is 5.91 Å². The molecule has 1 amide bonds. The largest absolute Gasteiger partial charge is 0.349 e. The van der Waals surface area contributed by atoms with Gasteiger partial charge in [0, 0.05) is 20.5 Å². The van der Waals surface area contributed by atoms with E-state index in [1.54, 1.807) is 19.0 Å². The van der Waals surface area contributed by atoms with Gasteiger partial charge in [-0.1, -0.05) is 24.3 Å². The second kappa shape index (κ2) is 4.80. The highest BCUT2D eigenvalue weighted by Gasteiger charge is 2.04. The van der Waals surface area contributed by atoms with Crippen LogP contribution in [0.15, 0.2) is 24.3 Å². The quantitative estimate of drug-likeness (QED) is 0.715. The van der Waals surface area contributed by atoms with Crippen LogP contribution in [0.2, 0.25) is 0 Å². The number of benzene rings is 1. The smallest absolute Gasteiger partial charge is 0.222 e. The number of carbonyl (C=O) groups is 1. The predicted molar refractivity (Wildman–Crippen MR) is 58.2 cm³/mol. The van der Waals surface area contributed by atoms with E-state index in [0.717, 1.165) is 6.42 Å². The van der Waals surface area contributed by atoms with Crippen molar-refractivity contribution in [2.45, 2.75) is 19.8 Å². The Morgan fingerprint density at radius 3 is 2.50 bits per heavy atom. The molecule has 0 spiro atoms. The van der Waals surface area contributed by atoms with E-state index in [1.165, 1.54) is 11.1 Å². The summed E-state index contributed by atoms with van der Waals surface area (Å²) in [4.78, 5) is 13.0. The highest BCUT2D eigenvalue weighted by Crippen LogP contribution is 2.09. The van der Waals surface area contributed by atoms with Crippen LogP contribution in [0.1, 0.15) is 17.5 Å². The maximum Gasteiger partial charge on any atom is 0.222 e. The molecule has 0 unspecified atom stereocenters. The van der Waals surface area contributed by atoms with Crippen LogP contribution < -0.4 is 0 Å². The van der Waals surface area contributed by atoms with Crippen molar-refractivity contribution >= 4 is 5.91 Å².